The first kappa shape index (κ1) is 21.7. The number of halogens is 1. The van der Waals surface area contributed by atoms with Crippen LogP contribution in [0.25, 0.3) is 5.65 Å². The van der Waals surface area contributed by atoms with E-state index < -0.39 is 8.32 Å². The van der Waals surface area contributed by atoms with Gasteiger partial charge in [-0.1, -0.05) is 20.8 Å². The first-order chi connectivity index (χ1) is 13.2. The molecule has 0 spiro atoms. The van der Waals surface area contributed by atoms with Gasteiger partial charge in [-0.3, -0.25) is 4.90 Å². The quantitative estimate of drug-likeness (QED) is 0.565. The first-order valence-electron chi connectivity index (χ1n) is 10.3. The Labute approximate surface area is 178 Å². The van der Waals surface area contributed by atoms with Crippen LogP contribution in [0, 0.1) is 0 Å². The molecule has 1 saturated heterocycles. The summed E-state index contributed by atoms with van der Waals surface area (Å²) in [6, 6.07) is 2.62. The van der Waals surface area contributed by atoms with Crippen LogP contribution in [-0.2, 0) is 4.43 Å². The van der Waals surface area contributed by atoms with Crippen molar-refractivity contribution in [3.8, 4) is 0 Å². The molecule has 1 atom stereocenters. The van der Waals surface area contributed by atoms with Crippen LogP contribution in [0.1, 0.15) is 40.0 Å². The molecule has 0 radical (unpaired) electrons. The zero-order valence-corrected chi connectivity index (χ0v) is 20.4. The van der Waals surface area contributed by atoms with Crippen LogP contribution in [0.2, 0.25) is 18.1 Å². The fourth-order valence-corrected chi connectivity index (χ4v) is 4.85. The second-order valence-electron chi connectivity index (χ2n) is 9.23. The lowest BCUT2D eigenvalue weighted by Crippen LogP contribution is -2.43. The lowest BCUT2D eigenvalue weighted by molar-refractivity contribution is 0.183. The number of nitrogens with zero attached hydrogens (tertiary/aromatic N) is 4. The number of hydrogen-bond acceptors (Lipinski definition) is 5. The van der Waals surface area contributed by atoms with Gasteiger partial charge in [0.25, 0.3) is 0 Å². The van der Waals surface area contributed by atoms with Crippen LogP contribution in [-0.4, -0.2) is 60.1 Å². The maximum Gasteiger partial charge on any atom is 0.192 e. The van der Waals surface area contributed by atoms with E-state index in [0.29, 0.717) is 6.04 Å². The Balaban J connectivity index is 1.45. The average molecular weight is 469 g/mol. The van der Waals surface area contributed by atoms with Gasteiger partial charge >= 0.3 is 0 Å². The summed E-state index contributed by atoms with van der Waals surface area (Å²) in [6.07, 6.45) is 7.41. The zero-order valence-electron chi connectivity index (χ0n) is 17.8. The number of hydrogen-bond donors (Lipinski definition) is 1. The summed E-state index contributed by atoms with van der Waals surface area (Å²) < 4.78 is 9.07. The lowest BCUT2D eigenvalue weighted by atomic mass is 10.1. The number of fused-ring (bicyclic) bond motifs is 1. The van der Waals surface area contributed by atoms with Crippen LogP contribution in [0.5, 0.6) is 0 Å². The van der Waals surface area contributed by atoms with Crippen molar-refractivity contribution in [3.63, 3.8) is 0 Å². The van der Waals surface area contributed by atoms with Crippen LogP contribution in [0.3, 0.4) is 0 Å². The smallest absolute Gasteiger partial charge is 0.192 e. The lowest BCUT2D eigenvalue weighted by Gasteiger charge is -2.37. The van der Waals surface area contributed by atoms with Gasteiger partial charge < -0.3 is 9.74 Å². The van der Waals surface area contributed by atoms with E-state index in [4.69, 9.17) is 4.43 Å². The Morgan fingerprint density at radius 2 is 2.14 bits per heavy atom. The molecule has 0 aliphatic carbocycles. The molecular formula is C20H34BrN5OSi. The summed E-state index contributed by atoms with van der Waals surface area (Å²) in [4.78, 5) is 7.24. The molecular weight excluding hydrogens is 434 g/mol. The van der Waals surface area contributed by atoms with E-state index in [1.165, 1.54) is 19.4 Å². The van der Waals surface area contributed by atoms with Crippen molar-refractivity contribution < 1.29 is 4.43 Å². The second-order valence-corrected chi connectivity index (χ2v) is 14.9. The summed E-state index contributed by atoms with van der Waals surface area (Å²) in [7, 11) is -1.65. The summed E-state index contributed by atoms with van der Waals surface area (Å²) in [6.45, 7) is 15.6. The molecule has 0 saturated carbocycles. The molecule has 6 nitrogen and oxygen atoms in total. The molecule has 2 aromatic rings. The van der Waals surface area contributed by atoms with Gasteiger partial charge in [-0.25, -0.2) is 9.50 Å². The molecule has 1 unspecified atom stereocenters. The number of anilines is 1. The van der Waals surface area contributed by atoms with Crippen molar-refractivity contribution in [1.29, 1.82) is 0 Å². The molecule has 2 aromatic heterocycles. The summed E-state index contributed by atoms with van der Waals surface area (Å²) in [5.74, 6) is 0.902. The highest BCUT2D eigenvalue weighted by atomic mass is 79.9. The number of rotatable bonds is 8. The normalized spacial score (nSPS) is 18.9. The van der Waals surface area contributed by atoms with E-state index >= 15 is 0 Å². The minimum Gasteiger partial charge on any atom is -0.416 e. The third-order valence-electron chi connectivity index (χ3n) is 6.26. The maximum atomic E-state index is 6.38. The fourth-order valence-electron chi connectivity index (χ4n) is 3.46. The van der Waals surface area contributed by atoms with Crippen LogP contribution >= 0.6 is 15.9 Å². The Hall–Kier alpha value is -0.963. The van der Waals surface area contributed by atoms with Crippen LogP contribution < -0.4 is 5.32 Å². The first-order valence-corrected chi connectivity index (χ1v) is 14.0. The number of likely N-dealkylation sites (tertiary alicyclic amines) is 1. The van der Waals surface area contributed by atoms with Gasteiger partial charge in [0.05, 0.1) is 10.7 Å². The van der Waals surface area contributed by atoms with Gasteiger partial charge in [0, 0.05) is 31.9 Å². The summed E-state index contributed by atoms with van der Waals surface area (Å²) in [5, 5.41) is 7.99. The second kappa shape index (κ2) is 8.81. The molecule has 28 heavy (non-hydrogen) atoms. The van der Waals surface area contributed by atoms with Gasteiger partial charge in [-0.05, 0) is 65.9 Å². The van der Waals surface area contributed by atoms with Gasteiger partial charge in [0.1, 0.15) is 5.82 Å². The topological polar surface area (TPSA) is 54.7 Å². The predicted octanol–water partition coefficient (Wildman–Crippen LogP) is 4.78. The van der Waals surface area contributed by atoms with E-state index in [1.54, 1.807) is 10.7 Å². The van der Waals surface area contributed by atoms with Gasteiger partial charge in [-0.15, -0.1) is 0 Å². The van der Waals surface area contributed by atoms with Crippen molar-refractivity contribution in [1.82, 2.24) is 19.5 Å². The van der Waals surface area contributed by atoms with Gasteiger partial charge in [-0.2, -0.15) is 5.10 Å². The highest BCUT2D eigenvalue weighted by Gasteiger charge is 2.37. The standard InChI is InChI=1S/C20H34BrN5OSi/c1-20(2,3)28(4,5)27-14-13-25-11-6-7-16(25)8-10-22-18-9-12-26-19(24-18)17(21)15-23-26/h9,12,15-16H,6-8,10-11,13-14H2,1-5H3,(H,22,24). The Morgan fingerprint density at radius 1 is 1.36 bits per heavy atom. The third-order valence-corrected chi connectivity index (χ3v) is 11.4. The Morgan fingerprint density at radius 3 is 2.89 bits per heavy atom. The van der Waals surface area contributed by atoms with E-state index in [1.807, 2.05) is 12.3 Å². The Kier molecular flexibility index (Phi) is 6.84. The number of nitrogens with one attached hydrogen (secondary N) is 1. The van der Waals surface area contributed by atoms with Crippen molar-refractivity contribution in [2.45, 2.75) is 64.2 Å². The highest BCUT2D eigenvalue weighted by Crippen LogP contribution is 2.36. The molecule has 156 valence electrons. The van der Waals surface area contributed by atoms with Crippen molar-refractivity contribution in [3.05, 3.63) is 22.9 Å². The molecule has 3 rings (SSSR count). The average Bonchev–Trinajstić information content (AvgIpc) is 3.21. The molecule has 1 aliphatic heterocycles. The minimum absolute atomic E-state index is 0.278. The minimum atomic E-state index is -1.65. The third kappa shape index (κ3) is 5.14. The zero-order chi connectivity index (χ0) is 20.4. The number of aromatic nitrogens is 3. The molecule has 0 amide bonds. The van der Waals surface area contributed by atoms with Crippen molar-refractivity contribution >= 4 is 35.7 Å². The molecule has 1 fully saturated rings. The van der Waals surface area contributed by atoms with Crippen molar-refractivity contribution in [2.24, 2.45) is 0 Å². The largest absolute Gasteiger partial charge is 0.416 e. The van der Waals surface area contributed by atoms with E-state index in [-0.39, 0.29) is 5.04 Å². The van der Waals surface area contributed by atoms with Gasteiger partial charge in [0.2, 0.25) is 0 Å². The van der Waals surface area contributed by atoms with E-state index in [0.717, 1.165) is 42.1 Å². The molecule has 0 aromatic carbocycles. The van der Waals surface area contributed by atoms with Gasteiger partial charge in [0.15, 0.2) is 14.0 Å². The molecule has 8 heteroatoms. The Bertz CT molecular complexity index is 788. The predicted molar refractivity (Wildman–Crippen MR) is 122 cm³/mol. The van der Waals surface area contributed by atoms with Crippen molar-refractivity contribution in [2.75, 3.05) is 31.6 Å². The molecule has 0 bridgehead atoms. The van der Waals surface area contributed by atoms with E-state index in [2.05, 4.69) is 70.1 Å². The maximum absolute atomic E-state index is 6.38. The van der Waals surface area contributed by atoms with E-state index in [9.17, 15) is 0 Å². The van der Waals surface area contributed by atoms with Crippen LogP contribution in [0.15, 0.2) is 22.9 Å². The van der Waals surface area contributed by atoms with Crippen LogP contribution in [0.4, 0.5) is 5.82 Å². The fraction of sp³-hybridized carbons (Fsp3) is 0.700. The molecule has 1 N–H and O–H groups in total. The highest BCUT2D eigenvalue weighted by molar-refractivity contribution is 9.10. The monoisotopic (exact) mass is 467 g/mol. The SMILES string of the molecule is CC(C)(C)[Si](C)(C)OCCN1CCCC1CCNc1ccn2ncc(Br)c2n1. The molecule has 3 heterocycles. The summed E-state index contributed by atoms with van der Waals surface area (Å²) >= 11 is 3.49. The molecule has 1 aliphatic rings. The summed E-state index contributed by atoms with van der Waals surface area (Å²) in [5.41, 5.74) is 0.843.